The molecular weight excluding hydrogens is 674 g/mol. The van der Waals surface area contributed by atoms with Crippen LogP contribution in [-0.2, 0) is 17.3 Å². The average molecular weight is 729 g/mol. The summed E-state index contributed by atoms with van der Waals surface area (Å²) in [7, 11) is 0. The molecule has 0 amide bonds. The van der Waals surface area contributed by atoms with E-state index >= 15 is 0 Å². The fraction of sp³-hybridized carbons (Fsp3) is 0.500. The standard InChI is InChI=1S/C22H31N7O.C16H24F3NS/c1-14(25-10-5-11-26-20(23)24)15-6-8-17(9-7-15)29-13-16-12-18(22(2,3)4)27-19(16)28-21(29)30;1-11(5-6-20)7-12-8-13(15(2,3)4)10-14(9-12)21-16(17,18)19/h6-9,12-14,25H,5,10-11H2,1-4H3,(H4,23,24,26)(H,27,28,30);8-11H,5-7,20H2,1-4H3/t14-;/m0./s1. The molecule has 13 heteroatoms. The SMILES string of the molecule is CC(CCN)Cc1cc(SC(F)(F)F)cc(C(C)(C)C)c1.C[C@H](NCCCN=C(N)N)c1ccc(-n2cc3cc(C(C)(C)C)[nH]c3nc2=O)cc1. The lowest BCUT2D eigenvalue weighted by molar-refractivity contribution is -0.0328. The molecule has 0 aliphatic carbocycles. The Hall–Kier alpha value is -3.81. The number of nitrogens with one attached hydrogen (secondary N) is 2. The normalized spacial score (nSPS) is 13.4. The van der Waals surface area contributed by atoms with Gasteiger partial charge in [-0.3, -0.25) is 9.56 Å². The first-order valence-electron chi connectivity index (χ1n) is 17.3. The van der Waals surface area contributed by atoms with Crippen LogP contribution in [0.3, 0.4) is 0 Å². The van der Waals surface area contributed by atoms with E-state index in [0.29, 0.717) is 24.7 Å². The van der Waals surface area contributed by atoms with Crippen LogP contribution in [0.1, 0.15) is 96.7 Å². The van der Waals surface area contributed by atoms with Crippen molar-refractivity contribution in [2.45, 2.75) is 102 Å². The van der Waals surface area contributed by atoms with Crippen molar-refractivity contribution in [1.82, 2.24) is 19.9 Å². The van der Waals surface area contributed by atoms with Crippen molar-refractivity contribution < 1.29 is 13.2 Å². The zero-order valence-corrected chi connectivity index (χ0v) is 31.9. The number of rotatable bonds is 12. The number of hydrogen-bond donors (Lipinski definition) is 5. The van der Waals surface area contributed by atoms with Crippen molar-refractivity contribution in [3.63, 3.8) is 0 Å². The lowest BCUT2D eigenvalue weighted by Crippen LogP contribution is -2.24. The summed E-state index contributed by atoms with van der Waals surface area (Å²) >= 11 is -0.0391. The Morgan fingerprint density at radius 3 is 2.24 bits per heavy atom. The summed E-state index contributed by atoms with van der Waals surface area (Å²) in [5.41, 5.74) is 16.9. The van der Waals surface area contributed by atoms with Crippen LogP contribution in [-0.4, -0.2) is 45.6 Å². The summed E-state index contributed by atoms with van der Waals surface area (Å²) in [6.45, 7) is 18.6. The van der Waals surface area contributed by atoms with Gasteiger partial charge in [0, 0.05) is 40.2 Å². The van der Waals surface area contributed by atoms with Gasteiger partial charge in [-0.25, -0.2) is 4.79 Å². The van der Waals surface area contributed by atoms with E-state index < -0.39 is 5.51 Å². The molecule has 2 atom stereocenters. The van der Waals surface area contributed by atoms with E-state index in [-0.39, 0.29) is 45.2 Å². The average Bonchev–Trinajstić information content (AvgIpc) is 3.43. The highest BCUT2D eigenvalue weighted by molar-refractivity contribution is 8.00. The number of hydrogen-bond acceptors (Lipinski definition) is 6. The predicted octanol–water partition coefficient (Wildman–Crippen LogP) is 7.45. The van der Waals surface area contributed by atoms with Crippen molar-refractivity contribution in [1.29, 1.82) is 0 Å². The first kappa shape index (κ1) is 41.6. The van der Waals surface area contributed by atoms with Gasteiger partial charge >= 0.3 is 11.2 Å². The Balaban J connectivity index is 0.000000295. The maximum atomic E-state index is 12.6. The van der Waals surface area contributed by atoms with E-state index in [2.05, 4.69) is 61.0 Å². The molecule has 4 rings (SSSR count). The largest absolute Gasteiger partial charge is 0.446 e. The molecule has 280 valence electrons. The quantitative estimate of drug-likeness (QED) is 0.0440. The summed E-state index contributed by atoms with van der Waals surface area (Å²) < 4.78 is 39.5. The second-order valence-corrected chi connectivity index (χ2v) is 16.2. The highest BCUT2D eigenvalue weighted by Crippen LogP contribution is 2.39. The van der Waals surface area contributed by atoms with Crippen molar-refractivity contribution in [2.75, 3.05) is 19.6 Å². The number of aliphatic imine (C=N–C) groups is 1. The van der Waals surface area contributed by atoms with Crippen LogP contribution in [0.15, 0.2) is 69.4 Å². The Labute approximate surface area is 304 Å². The van der Waals surface area contributed by atoms with E-state index in [0.717, 1.165) is 59.3 Å². The van der Waals surface area contributed by atoms with E-state index in [1.165, 1.54) is 0 Å². The third kappa shape index (κ3) is 13.4. The van der Waals surface area contributed by atoms with Gasteiger partial charge in [0.15, 0.2) is 5.96 Å². The molecular formula is C38H55F3N8OS. The fourth-order valence-corrected chi connectivity index (χ4v) is 6.09. The van der Waals surface area contributed by atoms with Crippen LogP contribution in [0.4, 0.5) is 13.2 Å². The molecule has 0 aliphatic rings. The molecule has 0 saturated heterocycles. The highest BCUT2D eigenvalue weighted by atomic mass is 32.2. The lowest BCUT2D eigenvalue weighted by Gasteiger charge is -2.22. The smallest absolute Gasteiger partial charge is 0.370 e. The van der Waals surface area contributed by atoms with Crippen LogP contribution in [0.5, 0.6) is 0 Å². The van der Waals surface area contributed by atoms with E-state index in [1.54, 1.807) is 16.7 Å². The molecule has 0 bridgehead atoms. The second kappa shape index (κ2) is 17.6. The van der Waals surface area contributed by atoms with Gasteiger partial charge in [-0.1, -0.05) is 66.7 Å². The first-order chi connectivity index (χ1) is 23.7. The predicted molar refractivity (Wildman–Crippen MR) is 206 cm³/mol. The van der Waals surface area contributed by atoms with Crippen LogP contribution in [0.2, 0.25) is 0 Å². The van der Waals surface area contributed by atoms with Gasteiger partial charge in [0.05, 0.1) is 5.69 Å². The number of H-pyrrole nitrogens is 1. The number of halogens is 3. The summed E-state index contributed by atoms with van der Waals surface area (Å²) in [5.74, 6) is 0.491. The minimum atomic E-state index is -4.25. The molecule has 51 heavy (non-hydrogen) atoms. The number of thioether (sulfide) groups is 1. The molecule has 2 heterocycles. The number of benzene rings is 2. The topological polar surface area (TPSA) is 153 Å². The van der Waals surface area contributed by atoms with Crippen molar-refractivity contribution in [3.05, 3.63) is 87.6 Å². The van der Waals surface area contributed by atoms with Gasteiger partial charge in [0.25, 0.3) is 0 Å². The minimum absolute atomic E-state index is 0.0390. The fourth-order valence-electron chi connectivity index (χ4n) is 5.42. The van der Waals surface area contributed by atoms with Gasteiger partial charge in [0.1, 0.15) is 5.65 Å². The van der Waals surface area contributed by atoms with Crippen molar-refractivity contribution in [3.8, 4) is 5.69 Å². The minimum Gasteiger partial charge on any atom is -0.370 e. The highest BCUT2D eigenvalue weighted by Gasteiger charge is 2.30. The van der Waals surface area contributed by atoms with E-state index in [1.807, 2.05) is 57.3 Å². The molecule has 0 saturated carbocycles. The van der Waals surface area contributed by atoms with Gasteiger partial charge in [-0.05, 0) is 109 Å². The molecule has 0 radical (unpaired) electrons. The Bertz CT molecular complexity index is 1800. The van der Waals surface area contributed by atoms with Crippen LogP contribution < -0.4 is 28.2 Å². The molecule has 2 aromatic carbocycles. The van der Waals surface area contributed by atoms with Crippen LogP contribution >= 0.6 is 11.8 Å². The monoisotopic (exact) mass is 728 g/mol. The molecule has 0 spiro atoms. The number of nitrogens with two attached hydrogens (primary N) is 3. The molecule has 4 aromatic rings. The number of aromatic nitrogens is 3. The summed E-state index contributed by atoms with van der Waals surface area (Å²) in [5, 5.41) is 4.36. The Kier molecular flexibility index (Phi) is 14.4. The van der Waals surface area contributed by atoms with Crippen molar-refractivity contribution in [2.24, 2.45) is 28.1 Å². The molecule has 0 fully saturated rings. The summed E-state index contributed by atoms with van der Waals surface area (Å²) in [4.78, 5) is 24.3. The number of alkyl halides is 3. The van der Waals surface area contributed by atoms with Crippen LogP contribution in [0, 0.1) is 5.92 Å². The lowest BCUT2D eigenvalue weighted by atomic mass is 9.85. The number of guanidine groups is 1. The van der Waals surface area contributed by atoms with Gasteiger partial charge in [0.2, 0.25) is 0 Å². The maximum absolute atomic E-state index is 12.6. The summed E-state index contributed by atoms with van der Waals surface area (Å²) in [6.07, 6.45) is 4.33. The summed E-state index contributed by atoms with van der Waals surface area (Å²) in [6, 6.07) is 15.5. The third-order valence-corrected chi connectivity index (χ3v) is 9.08. The zero-order valence-electron chi connectivity index (χ0n) is 31.1. The first-order valence-corrected chi connectivity index (χ1v) is 18.1. The molecule has 2 aromatic heterocycles. The third-order valence-electron chi connectivity index (χ3n) is 8.38. The van der Waals surface area contributed by atoms with Gasteiger partial charge < -0.3 is 27.5 Å². The van der Waals surface area contributed by atoms with Crippen LogP contribution in [0.25, 0.3) is 16.7 Å². The number of nitrogens with zero attached hydrogens (tertiary/aromatic N) is 3. The maximum Gasteiger partial charge on any atom is 0.446 e. The Morgan fingerprint density at radius 2 is 1.67 bits per heavy atom. The molecule has 8 N–H and O–H groups in total. The van der Waals surface area contributed by atoms with Crippen molar-refractivity contribution >= 4 is 28.8 Å². The van der Waals surface area contributed by atoms with E-state index in [4.69, 9.17) is 17.2 Å². The van der Waals surface area contributed by atoms with Gasteiger partial charge in [-0.2, -0.15) is 18.2 Å². The molecule has 1 unspecified atom stereocenters. The molecule has 9 nitrogen and oxygen atoms in total. The zero-order chi connectivity index (χ0) is 38.1. The molecule has 0 aliphatic heterocycles. The van der Waals surface area contributed by atoms with E-state index in [9.17, 15) is 18.0 Å². The Morgan fingerprint density at radius 1 is 1.00 bits per heavy atom. The van der Waals surface area contributed by atoms with Gasteiger partial charge in [-0.15, -0.1) is 0 Å². The second-order valence-electron chi connectivity index (χ2n) is 15.1. The number of fused-ring (bicyclic) bond motifs is 1. The number of aromatic amines is 1.